The lowest BCUT2D eigenvalue weighted by atomic mass is 10.1. The smallest absolute Gasteiger partial charge is 0.237 e. The van der Waals surface area contributed by atoms with Crippen LogP contribution in [0.5, 0.6) is 0 Å². The van der Waals surface area contributed by atoms with E-state index in [1.54, 1.807) is 24.3 Å². The second-order valence-corrected chi connectivity index (χ2v) is 3.68. The fraction of sp³-hybridized carbons (Fsp3) is 0.308. The Morgan fingerprint density at radius 3 is 2.31 bits per heavy atom. The van der Waals surface area contributed by atoms with Crippen molar-refractivity contribution < 1.29 is 4.79 Å². The molecule has 0 aliphatic rings. The van der Waals surface area contributed by atoms with Crippen molar-refractivity contribution in [1.29, 1.82) is 0 Å². The Morgan fingerprint density at radius 2 is 1.81 bits per heavy atom. The molecule has 0 aromatic heterocycles. The van der Waals surface area contributed by atoms with Crippen LogP contribution < -0.4 is 0 Å². The van der Waals surface area contributed by atoms with Crippen LogP contribution in [0.3, 0.4) is 0 Å². The molecule has 1 aromatic rings. The molecule has 0 unspecified atom stereocenters. The predicted octanol–water partition coefficient (Wildman–Crippen LogP) is 2.83. The van der Waals surface area contributed by atoms with Crippen LogP contribution in [-0.2, 0) is 0 Å². The molecule has 0 aliphatic carbocycles. The van der Waals surface area contributed by atoms with Gasteiger partial charge in [-0.1, -0.05) is 11.6 Å². The zero-order valence-corrected chi connectivity index (χ0v) is 10.2. The Bertz CT molecular complexity index is 410. The van der Waals surface area contributed by atoms with Crippen molar-refractivity contribution in [1.82, 2.24) is 4.90 Å². The van der Waals surface area contributed by atoms with Crippen LogP contribution in [0.25, 0.3) is 0 Å². The van der Waals surface area contributed by atoms with Gasteiger partial charge in [0, 0.05) is 29.7 Å². The Labute approximate surface area is 101 Å². The number of carbonyl (C=O) groups is 1. The van der Waals surface area contributed by atoms with Crippen LogP contribution in [0, 0.1) is 12.0 Å². The maximum atomic E-state index is 11.6. The third-order valence-corrected chi connectivity index (χ3v) is 2.45. The fourth-order valence-corrected chi connectivity index (χ4v) is 1.31. The van der Waals surface area contributed by atoms with E-state index in [9.17, 15) is 4.79 Å². The molecule has 0 saturated heterocycles. The molecule has 0 fully saturated rings. The molecular weight excluding hydrogens is 222 g/mol. The highest BCUT2D eigenvalue weighted by molar-refractivity contribution is 6.30. The number of hydrogen-bond acceptors (Lipinski definition) is 2. The molecule has 0 spiro atoms. The number of halogens is 1. The first-order chi connectivity index (χ1) is 7.67. The molecule has 16 heavy (non-hydrogen) atoms. The van der Waals surface area contributed by atoms with E-state index in [0.717, 1.165) is 13.1 Å². The first kappa shape index (κ1) is 12.6. The lowest BCUT2D eigenvalue weighted by molar-refractivity contribution is 0.105. The summed E-state index contributed by atoms with van der Waals surface area (Å²) in [6, 6.07) is 9.57. The normalized spacial score (nSPS) is 9.19. The number of hydrogen-bond donors (Lipinski definition) is 0. The molecule has 0 aliphatic heterocycles. The molecular formula is C13H14ClNO. The van der Waals surface area contributed by atoms with Gasteiger partial charge in [-0.25, -0.2) is 0 Å². The summed E-state index contributed by atoms with van der Waals surface area (Å²) in [6.07, 6.45) is 0. The second kappa shape index (κ2) is 6.19. The lowest BCUT2D eigenvalue weighted by Gasteiger charge is -2.10. The molecule has 84 valence electrons. The maximum Gasteiger partial charge on any atom is 0.237 e. The number of carbonyl (C=O) groups excluding carboxylic acids is 1. The minimum atomic E-state index is -0.177. The molecule has 1 rings (SSSR count). The Hall–Kier alpha value is -1.46. The van der Waals surface area contributed by atoms with Gasteiger partial charge in [0.15, 0.2) is 0 Å². The van der Waals surface area contributed by atoms with Gasteiger partial charge in [-0.05, 0) is 44.0 Å². The summed E-state index contributed by atoms with van der Waals surface area (Å²) in [6.45, 7) is 5.64. The summed E-state index contributed by atoms with van der Waals surface area (Å²) in [5.41, 5.74) is 0.573. The number of Topliss-reactive ketones (excluding diaryl/α,β-unsaturated/α-hetero) is 1. The van der Waals surface area contributed by atoms with Gasteiger partial charge in [-0.3, -0.25) is 4.79 Å². The average Bonchev–Trinajstić information content (AvgIpc) is 2.31. The van der Waals surface area contributed by atoms with Crippen LogP contribution in [0.1, 0.15) is 24.2 Å². The van der Waals surface area contributed by atoms with E-state index in [-0.39, 0.29) is 5.78 Å². The van der Waals surface area contributed by atoms with Crippen molar-refractivity contribution in [3.8, 4) is 12.0 Å². The zero-order valence-electron chi connectivity index (χ0n) is 9.46. The third kappa shape index (κ3) is 3.60. The van der Waals surface area contributed by atoms with Gasteiger partial charge in [0.2, 0.25) is 5.78 Å². The molecule has 2 nitrogen and oxygen atoms in total. The van der Waals surface area contributed by atoms with E-state index >= 15 is 0 Å². The maximum absolute atomic E-state index is 11.6. The molecule has 0 saturated carbocycles. The first-order valence-corrected chi connectivity index (χ1v) is 5.61. The molecule has 0 atom stereocenters. The average molecular weight is 236 g/mol. The Balaban J connectivity index is 2.75. The van der Waals surface area contributed by atoms with Crippen LogP contribution in [0.2, 0.25) is 5.02 Å². The number of nitrogens with zero attached hydrogens (tertiary/aromatic N) is 1. The largest absolute Gasteiger partial charge is 0.333 e. The summed E-state index contributed by atoms with van der Waals surface area (Å²) in [7, 11) is 0. The third-order valence-electron chi connectivity index (χ3n) is 2.20. The van der Waals surface area contributed by atoms with Crippen molar-refractivity contribution in [3.63, 3.8) is 0 Å². The topological polar surface area (TPSA) is 20.3 Å². The van der Waals surface area contributed by atoms with Crippen LogP contribution in [0.15, 0.2) is 24.3 Å². The van der Waals surface area contributed by atoms with Gasteiger partial charge in [0.05, 0.1) is 0 Å². The van der Waals surface area contributed by atoms with E-state index in [1.165, 1.54) is 0 Å². The van der Waals surface area contributed by atoms with Crippen molar-refractivity contribution in [2.24, 2.45) is 0 Å². The van der Waals surface area contributed by atoms with Gasteiger partial charge < -0.3 is 4.90 Å². The Morgan fingerprint density at radius 1 is 1.25 bits per heavy atom. The summed E-state index contributed by atoms with van der Waals surface area (Å²) in [5.74, 6) is 2.44. The lowest BCUT2D eigenvalue weighted by Crippen LogP contribution is -2.16. The Kier molecular flexibility index (Phi) is 4.88. The molecule has 0 bridgehead atoms. The fourth-order valence-electron chi connectivity index (χ4n) is 1.18. The molecule has 0 radical (unpaired) electrons. The highest BCUT2D eigenvalue weighted by atomic mass is 35.5. The van der Waals surface area contributed by atoms with Crippen LogP contribution >= 0.6 is 11.6 Å². The quantitative estimate of drug-likeness (QED) is 0.456. The van der Waals surface area contributed by atoms with E-state index in [0.29, 0.717) is 10.6 Å². The molecule has 1 aromatic carbocycles. The van der Waals surface area contributed by atoms with E-state index < -0.39 is 0 Å². The summed E-state index contributed by atoms with van der Waals surface area (Å²) in [4.78, 5) is 13.5. The van der Waals surface area contributed by atoms with Crippen molar-refractivity contribution >= 4 is 17.4 Å². The van der Waals surface area contributed by atoms with Crippen molar-refractivity contribution in [3.05, 3.63) is 34.9 Å². The van der Waals surface area contributed by atoms with Gasteiger partial charge in [-0.2, -0.15) is 0 Å². The first-order valence-electron chi connectivity index (χ1n) is 5.23. The zero-order chi connectivity index (χ0) is 12.0. The number of benzene rings is 1. The highest BCUT2D eigenvalue weighted by Crippen LogP contribution is 2.09. The number of rotatable bonds is 3. The molecule has 0 N–H and O–H groups in total. The van der Waals surface area contributed by atoms with Gasteiger partial charge in [0.25, 0.3) is 0 Å². The minimum absolute atomic E-state index is 0.177. The van der Waals surface area contributed by atoms with Crippen LogP contribution in [0.4, 0.5) is 0 Å². The molecule has 0 amide bonds. The monoisotopic (exact) mass is 235 g/mol. The van der Waals surface area contributed by atoms with Gasteiger partial charge in [-0.15, -0.1) is 0 Å². The van der Waals surface area contributed by atoms with E-state index in [4.69, 9.17) is 11.6 Å². The summed E-state index contributed by atoms with van der Waals surface area (Å²) < 4.78 is 0. The molecule has 3 heteroatoms. The predicted molar refractivity (Wildman–Crippen MR) is 66.5 cm³/mol. The minimum Gasteiger partial charge on any atom is -0.333 e. The van der Waals surface area contributed by atoms with E-state index in [2.05, 4.69) is 12.0 Å². The van der Waals surface area contributed by atoms with Crippen LogP contribution in [-0.4, -0.2) is 23.8 Å². The summed E-state index contributed by atoms with van der Waals surface area (Å²) >= 11 is 5.73. The second-order valence-electron chi connectivity index (χ2n) is 3.25. The van der Waals surface area contributed by atoms with Crippen molar-refractivity contribution in [2.75, 3.05) is 13.1 Å². The van der Waals surface area contributed by atoms with E-state index in [1.807, 2.05) is 18.7 Å². The number of ketones is 1. The standard InChI is InChI=1S/C13H14ClNO/c1-3-15(4-2)10-9-13(16)11-5-7-12(14)8-6-11/h5-8H,3-4H2,1-2H3. The van der Waals surface area contributed by atoms with Crippen molar-refractivity contribution in [2.45, 2.75) is 13.8 Å². The summed E-state index contributed by atoms with van der Waals surface area (Å²) in [5, 5.41) is 0.619. The molecule has 0 heterocycles. The SMILES string of the molecule is CCN(C#CC(=O)c1ccc(Cl)cc1)CC. The van der Waals surface area contributed by atoms with Gasteiger partial charge >= 0.3 is 0 Å². The van der Waals surface area contributed by atoms with Gasteiger partial charge in [0.1, 0.15) is 0 Å². The highest BCUT2D eigenvalue weighted by Gasteiger charge is 2.01.